The summed E-state index contributed by atoms with van der Waals surface area (Å²) in [5, 5.41) is 2.92. The summed E-state index contributed by atoms with van der Waals surface area (Å²) in [7, 11) is 0. The van der Waals surface area contributed by atoms with Crippen molar-refractivity contribution < 1.29 is 9.53 Å². The van der Waals surface area contributed by atoms with Crippen molar-refractivity contribution >= 4 is 23.4 Å². The molecule has 1 unspecified atom stereocenters. The highest BCUT2D eigenvalue weighted by molar-refractivity contribution is 7.99. The summed E-state index contributed by atoms with van der Waals surface area (Å²) in [5.41, 5.74) is 3.38. The molecule has 1 aliphatic heterocycles. The minimum atomic E-state index is -0.292. The molecule has 1 atom stereocenters. The fraction of sp³-hybridized carbons (Fsp3) is 0.316. The number of hydrogen-bond acceptors (Lipinski definition) is 3. The van der Waals surface area contributed by atoms with E-state index >= 15 is 0 Å². The molecule has 0 spiro atoms. The van der Waals surface area contributed by atoms with Gasteiger partial charge in [0.25, 0.3) is 5.91 Å². The molecule has 0 saturated carbocycles. The second-order valence-corrected chi connectivity index (χ2v) is 7.00. The SMILES string of the molecule is Cc1ccc(Sc2ccc(NC(=O)C3CCCO3)cc2)c(C)c1. The van der Waals surface area contributed by atoms with Gasteiger partial charge in [-0.05, 0) is 62.6 Å². The average Bonchev–Trinajstić information content (AvgIpc) is 3.06. The minimum Gasteiger partial charge on any atom is -0.368 e. The second-order valence-electron chi connectivity index (χ2n) is 5.89. The Morgan fingerprint density at radius 3 is 2.61 bits per heavy atom. The average molecular weight is 327 g/mol. The second kappa shape index (κ2) is 7.20. The van der Waals surface area contributed by atoms with Gasteiger partial charge in [-0.3, -0.25) is 4.79 Å². The Morgan fingerprint density at radius 1 is 1.17 bits per heavy atom. The number of amides is 1. The van der Waals surface area contributed by atoms with E-state index in [2.05, 4.69) is 37.4 Å². The number of rotatable bonds is 4. The van der Waals surface area contributed by atoms with E-state index in [1.54, 1.807) is 11.8 Å². The van der Waals surface area contributed by atoms with Gasteiger partial charge in [0.15, 0.2) is 0 Å². The van der Waals surface area contributed by atoms with Crippen LogP contribution in [-0.2, 0) is 9.53 Å². The van der Waals surface area contributed by atoms with E-state index in [1.165, 1.54) is 16.0 Å². The Morgan fingerprint density at radius 2 is 1.96 bits per heavy atom. The monoisotopic (exact) mass is 327 g/mol. The molecule has 1 amide bonds. The van der Waals surface area contributed by atoms with Crippen LogP contribution in [-0.4, -0.2) is 18.6 Å². The number of carbonyl (C=O) groups is 1. The third-order valence-corrected chi connectivity index (χ3v) is 5.09. The number of aryl methyl sites for hydroxylation is 2. The maximum absolute atomic E-state index is 12.0. The van der Waals surface area contributed by atoms with Crippen molar-refractivity contribution in [1.29, 1.82) is 0 Å². The minimum absolute atomic E-state index is 0.0442. The summed E-state index contributed by atoms with van der Waals surface area (Å²) < 4.78 is 5.40. The number of hydrogen-bond donors (Lipinski definition) is 1. The first-order valence-electron chi connectivity index (χ1n) is 7.89. The van der Waals surface area contributed by atoms with Crippen LogP contribution in [0.2, 0.25) is 0 Å². The van der Waals surface area contributed by atoms with Crippen molar-refractivity contribution in [3.8, 4) is 0 Å². The van der Waals surface area contributed by atoms with E-state index in [4.69, 9.17) is 4.74 Å². The molecule has 1 aliphatic rings. The molecule has 120 valence electrons. The fourth-order valence-corrected chi connectivity index (χ4v) is 3.54. The van der Waals surface area contributed by atoms with Gasteiger partial charge in [-0.2, -0.15) is 0 Å². The highest BCUT2D eigenvalue weighted by Gasteiger charge is 2.23. The lowest BCUT2D eigenvalue weighted by Crippen LogP contribution is -2.26. The first-order chi connectivity index (χ1) is 11.1. The van der Waals surface area contributed by atoms with Crippen molar-refractivity contribution in [3.63, 3.8) is 0 Å². The quantitative estimate of drug-likeness (QED) is 0.894. The number of ether oxygens (including phenoxy) is 1. The zero-order valence-electron chi connectivity index (χ0n) is 13.5. The standard InChI is InChI=1S/C19H21NO2S/c1-13-5-10-18(14(2)12-13)23-16-8-6-15(7-9-16)20-19(21)17-4-3-11-22-17/h5-10,12,17H,3-4,11H2,1-2H3,(H,20,21). The molecule has 2 aromatic rings. The molecule has 4 heteroatoms. The van der Waals surface area contributed by atoms with E-state index in [0.29, 0.717) is 6.61 Å². The van der Waals surface area contributed by atoms with Crippen molar-refractivity contribution in [2.24, 2.45) is 0 Å². The normalized spacial score (nSPS) is 17.2. The number of anilines is 1. The van der Waals surface area contributed by atoms with Gasteiger partial charge in [-0.25, -0.2) is 0 Å². The Balaban J connectivity index is 1.63. The van der Waals surface area contributed by atoms with E-state index in [0.717, 1.165) is 23.4 Å². The smallest absolute Gasteiger partial charge is 0.253 e. The predicted octanol–water partition coefficient (Wildman–Crippen LogP) is 4.57. The third kappa shape index (κ3) is 4.15. The molecule has 3 nitrogen and oxygen atoms in total. The van der Waals surface area contributed by atoms with Gasteiger partial charge < -0.3 is 10.1 Å². The lowest BCUT2D eigenvalue weighted by atomic mass is 10.2. The highest BCUT2D eigenvalue weighted by Crippen LogP contribution is 2.31. The summed E-state index contributed by atoms with van der Waals surface area (Å²) in [6.07, 6.45) is 1.48. The molecular weight excluding hydrogens is 306 g/mol. The Hall–Kier alpha value is -1.78. The zero-order valence-corrected chi connectivity index (χ0v) is 14.3. The van der Waals surface area contributed by atoms with Crippen LogP contribution in [0.4, 0.5) is 5.69 Å². The zero-order chi connectivity index (χ0) is 16.2. The Kier molecular flexibility index (Phi) is 5.03. The first kappa shape index (κ1) is 16.1. The number of nitrogens with one attached hydrogen (secondary N) is 1. The van der Waals surface area contributed by atoms with E-state index < -0.39 is 0 Å². The molecule has 23 heavy (non-hydrogen) atoms. The molecule has 2 aromatic carbocycles. The topological polar surface area (TPSA) is 38.3 Å². The lowest BCUT2D eigenvalue weighted by molar-refractivity contribution is -0.124. The summed E-state index contributed by atoms with van der Waals surface area (Å²) in [4.78, 5) is 14.4. The van der Waals surface area contributed by atoms with Gasteiger partial charge in [0.05, 0.1) is 0 Å². The van der Waals surface area contributed by atoms with E-state index in [-0.39, 0.29) is 12.0 Å². The van der Waals surface area contributed by atoms with Crippen molar-refractivity contribution in [1.82, 2.24) is 0 Å². The van der Waals surface area contributed by atoms with Crippen molar-refractivity contribution in [2.45, 2.75) is 42.6 Å². The molecule has 0 aliphatic carbocycles. The molecule has 1 saturated heterocycles. The van der Waals surface area contributed by atoms with Gasteiger partial charge in [0.2, 0.25) is 0 Å². The van der Waals surface area contributed by atoms with Crippen molar-refractivity contribution in [2.75, 3.05) is 11.9 Å². The molecule has 0 radical (unpaired) electrons. The van der Waals surface area contributed by atoms with Crippen LogP contribution in [0.5, 0.6) is 0 Å². The van der Waals surface area contributed by atoms with Gasteiger partial charge >= 0.3 is 0 Å². The molecular formula is C19H21NO2S. The third-order valence-electron chi connectivity index (χ3n) is 3.90. The van der Waals surface area contributed by atoms with Crippen LogP contribution >= 0.6 is 11.8 Å². The molecule has 1 fully saturated rings. The molecule has 1 N–H and O–H groups in total. The Labute approximate surface area is 141 Å². The van der Waals surface area contributed by atoms with Crippen LogP contribution in [0, 0.1) is 13.8 Å². The Bertz CT molecular complexity index is 691. The molecule has 0 bridgehead atoms. The summed E-state index contributed by atoms with van der Waals surface area (Å²) >= 11 is 1.74. The van der Waals surface area contributed by atoms with Crippen LogP contribution in [0.1, 0.15) is 24.0 Å². The lowest BCUT2D eigenvalue weighted by Gasteiger charge is -2.11. The van der Waals surface area contributed by atoms with Crippen LogP contribution in [0.15, 0.2) is 52.3 Å². The number of benzene rings is 2. The van der Waals surface area contributed by atoms with Crippen LogP contribution in [0.25, 0.3) is 0 Å². The fourth-order valence-electron chi connectivity index (χ4n) is 2.65. The van der Waals surface area contributed by atoms with Gasteiger partial charge in [0, 0.05) is 22.1 Å². The predicted molar refractivity (Wildman–Crippen MR) is 94.1 cm³/mol. The summed E-state index contributed by atoms with van der Waals surface area (Å²) in [5.74, 6) is -0.0442. The highest BCUT2D eigenvalue weighted by atomic mass is 32.2. The van der Waals surface area contributed by atoms with Gasteiger partial charge in [0.1, 0.15) is 6.10 Å². The maximum Gasteiger partial charge on any atom is 0.253 e. The van der Waals surface area contributed by atoms with E-state index in [1.807, 2.05) is 24.3 Å². The molecule has 0 aromatic heterocycles. The summed E-state index contributed by atoms with van der Waals surface area (Å²) in [6, 6.07) is 14.4. The van der Waals surface area contributed by atoms with Crippen molar-refractivity contribution in [3.05, 3.63) is 53.6 Å². The van der Waals surface area contributed by atoms with Crippen LogP contribution in [0.3, 0.4) is 0 Å². The van der Waals surface area contributed by atoms with Gasteiger partial charge in [-0.15, -0.1) is 0 Å². The van der Waals surface area contributed by atoms with E-state index in [9.17, 15) is 4.79 Å². The van der Waals surface area contributed by atoms with Gasteiger partial charge in [-0.1, -0.05) is 29.5 Å². The molecule has 3 rings (SSSR count). The largest absolute Gasteiger partial charge is 0.368 e. The molecule has 1 heterocycles. The number of carbonyl (C=O) groups excluding carboxylic acids is 1. The summed E-state index contributed by atoms with van der Waals surface area (Å²) in [6.45, 7) is 4.92. The van der Waals surface area contributed by atoms with Crippen LogP contribution < -0.4 is 5.32 Å². The maximum atomic E-state index is 12.0. The first-order valence-corrected chi connectivity index (χ1v) is 8.71.